The number of hydrogen-bond acceptors (Lipinski definition) is 4. The van der Waals surface area contributed by atoms with Crippen molar-refractivity contribution < 1.29 is 19.8 Å². The van der Waals surface area contributed by atoms with E-state index in [9.17, 15) is 9.59 Å². The zero-order chi connectivity index (χ0) is 13.7. The average molecular weight is 269 g/mol. The van der Waals surface area contributed by atoms with E-state index in [-0.39, 0.29) is 18.6 Å². The van der Waals surface area contributed by atoms with Gasteiger partial charge in [-0.25, -0.2) is 4.79 Å². The van der Waals surface area contributed by atoms with Gasteiger partial charge < -0.3 is 15.1 Å². The third-order valence-electron chi connectivity index (χ3n) is 2.47. The lowest BCUT2D eigenvalue weighted by Gasteiger charge is -2.22. The van der Waals surface area contributed by atoms with Gasteiger partial charge in [0.15, 0.2) is 0 Å². The molecule has 0 fully saturated rings. The highest BCUT2D eigenvalue weighted by Gasteiger charge is 2.18. The summed E-state index contributed by atoms with van der Waals surface area (Å²) in [6.07, 6.45) is 2.47. The standard InChI is InChI=1S/C12H15NO4S/c1-8(7-14)13(2)12(17)10-5-3-9(18-10)4-6-11(15)16/h3-6,8,14H,7H2,1-2H3,(H,15,16)/b6-4+. The number of aliphatic hydroxyl groups excluding tert-OH is 1. The van der Waals surface area contributed by atoms with E-state index in [4.69, 9.17) is 10.2 Å². The Labute approximate surface area is 109 Å². The summed E-state index contributed by atoms with van der Waals surface area (Å²) in [6, 6.07) is 3.09. The minimum Gasteiger partial charge on any atom is -0.478 e. The fourth-order valence-electron chi connectivity index (χ4n) is 1.21. The molecule has 1 heterocycles. The largest absolute Gasteiger partial charge is 0.478 e. The Morgan fingerprint density at radius 1 is 1.50 bits per heavy atom. The lowest BCUT2D eigenvalue weighted by molar-refractivity contribution is -0.131. The fraction of sp³-hybridized carbons (Fsp3) is 0.333. The van der Waals surface area contributed by atoms with Gasteiger partial charge in [0, 0.05) is 18.0 Å². The maximum absolute atomic E-state index is 12.0. The number of nitrogens with zero attached hydrogens (tertiary/aromatic N) is 1. The predicted molar refractivity (Wildman–Crippen MR) is 69.6 cm³/mol. The normalized spacial score (nSPS) is 12.6. The number of likely N-dealkylation sites (N-methyl/N-ethyl adjacent to an activating group) is 1. The molecule has 1 aromatic heterocycles. The molecule has 0 spiro atoms. The number of carbonyl (C=O) groups excluding carboxylic acids is 1. The van der Waals surface area contributed by atoms with Crippen LogP contribution in [0, 0.1) is 0 Å². The van der Waals surface area contributed by atoms with E-state index in [1.807, 2.05) is 0 Å². The van der Waals surface area contributed by atoms with Crippen LogP contribution in [-0.2, 0) is 4.79 Å². The number of carbonyl (C=O) groups is 2. The molecule has 0 aromatic carbocycles. The quantitative estimate of drug-likeness (QED) is 0.790. The molecule has 1 unspecified atom stereocenters. The number of carboxylic acids is 1. The zero-order valence-electron chi connectivity index (χ0n) is 10.2. The highest BCUT2D eigenvalue weighted by molar-refractivity contribution is 7.14. The van der Waals surface area contributed by atoms with Gasteiger partial charge in [-0.1, -0.05) is 0 Å². The molecule has 0 aliphatic carbocycles. The summed E-state index contributed by atoms with van der Waals surface area (Å²) in [5.74, 6) is -1.21. The van der Waals surface area contributed by atoms with Crippen molar-refractivity contribution in [2.45, 2.75) is 13.0 Å². The highest BCUT2D eigenvalue weighted by Crippen LogP contribution is 2.20. The molecule has 2 N–H and O–H groups in total. The van der Waals surface area contributed by atoms with E-state index >= 15 is 0 Å². The van der Waals surface area contributed by atoms with E-state index in [1.54, 1.807) is 26.1 Å². The van der Waals surface area contributed by atoms with E-state index < -0.39 is 5.97 Å². The van der Waals surface area contributed by atoms with Gasteiger partial charge in [-0.15, -0.1) is 11.3 Å². The van der Waals surface area contributed by atoms with E-state index in [2.05, 4.69) is 0 Å². The second kappa shape index (κ2) is 6.32. The second-order valence-corrected chi connectivity index (χ2v) is 4.94. The molecule has 5 nitrogen and oxygen atoms in total. The van der Waals surface area contributed by atoms with Gasteiger partial charge in [0.2, 0.25) is 0 Å². The van der Waals surface area contributed by atoms with Crippen molar-refractivity contribution in [2.75, 3.05) is 13.7 Å². The van der Waals surface area contributed by atoms with Crippen molar-refractivity contribution in [2.24, 2.45) is 0 Å². The van der Waals surface area contributed by atoms with Crippen LogP contribution in [0.15, 0.2) is 18.2 Å². The van der Waals surface area contributed by atoms with Gasteiger partial charge in [0.05, 0.1) is 17.5 Å². The van der Waals surface area contributed by atoms with Gasteiger partial charge in [-0.05, 0) is 25.1 Å². The van der Waals surface area contributed by atoms with Crippen molar-refractivity contribution >= 4 is 29.3 Å². The summed E-state index contributed by atoms with van der Waals surface area (Å²) in [7, 11) is 1.62. The van der Waals surface area contributed by atoms with E-state index in [1.165, 1.54) is 22.3 Å². The molecule has 0 aliphatic heterocycles. The number of aliphatic carboxylic acids is 1. The molecule has 0 aliphatic rings. The second-order valence-electron chi connectivity index (χ2n) is 3.82. The number of rotatable bonds is 5. The molecular formula is C12H15NO4S. The molecule has 0 bridgehead atoms. The number of aliphatic hydroxyl groups is 1. The summed E-state index contributed by atoms with van der Waals surface area (Å²) in [4.78, 5) is 25.0. The topological polar surface area (TPSA) is 77.8 Å². The SMILES string of the molecule is CC(CO)N(C)C(=O)c1ccc(/C=C/C(=O)O)s1. The van der Waals surface area contributed by atoms with Crippen LogP contribution >= 0.6 is 11.3 Å². The van der Waals surface area contributed by atoms with E-state index in [0.717, 1.165) is 6.08 Å². The number of thiophene rings is 1. The summed E-state index contributed by atoms with van der Waals surface area (Å²) >= 11 is 1.22. The molecule has 98 valence electrons. The van der Waals surface area contributed by atoms with Crippen LogP contribution in [0.2, 0.25) is 0 Å². The van der Waals surface area contributed by atoms with Gasteiger partial charge in [-0.2, -0.15) is 0 Å². The van der Waals surface area contributed by atoms with Gasteiger partial charge in [-0.3, -0.25) is 4.79 Å². The maximum atomic E-state index is 12.0. The maximum Gasteiger partial charge on any atom is 0.328 e. The molecular weight excluding hydrogens is 254 g/mol. The first-order valence-corrected chi connectivity index (χ1v) is 6.16. The molecule has 0 saturated carbocycles. The van der Waals surface area contributed by atoms with Gasteiger partial charge in [0.1, 0.15) is 0 Å². The highest BCUT2D eigenvalue weighted by atomic mass is 32.1. The average Bonchev–Trinajstić information content (AvgIpc) is 2.82. The first kappa shape index (κ1) is 14.4. The molecule has 0 radical (unpaired) electrons. The zero-order valence-corrected chi connectivity index (χ0v) is 11.0. The van der Waals surface area contributed by atoms with Crippen LogP contribution in [0.25, 0.3) is 6.08 Å². The minimum absolute atomic E-state index is 0.0978. The Balaban J connectivity index is 2.79. The van der Waals surface area contributed by atoms with E-state index in [0.29, 0.717) is 9.75 Å². The smallest absolute Gasteiger partial charge is 0.328 e. The Kier molecular flexibility index (Phi) is 5.06. The summed E-state index contributed by atoms with van der Waals surface area (Å²) in [6.45, 7) is 1.65. The van der Waals surface area contributed by atoms with Crippen molar-refractivity contribution in [3.63, 3.8) is 0 Å². The molecule has 1 aromatic rings. The molecule has 1 atom stereocenters. The number of hydrogen-bond donors (Lipinski definition) is 2. The Morgan fingerprint density at radius 3 is 2.72 bits per heavy atom. The van der Waals surface area contributed by atoms with Crippen LogP contribution in [0.4, 0.5) is 0 Å². The molecule has 0 saturated heterocycles. The van der Waals surface area contributed by atoms with Gasteiger partial charge in [0.25, 0.3) is 5.91 Å². The first-order chi connectivity index (χ1) is 8.45. The van der Waals surface area contributed by atoms with Crippen LogP contribution in [-0.4, -0.2) is 46.7 Å². The third kappa shape index (κ3) is 3.68. The number of carboxylic acid groups (broad SMARTS) is 1. The first-order valence-electron chi connectivity index (χ1n) is 5.34. The van der Waals surface area contributed by atoms with Crippen LogP contribution in [0.3, 0.4) is 0 Å². The summed E-state index contributed by atoms with van der Waals surface area (Å²) in [5, 5.41) is 17.5. The Hall–Kier alpha value is -1.66. The monoisotopic (exact) mass is 269 g/mol. The van der Waals surface area contributed by atoms with Crippen LogP contribution in [0.1, 0.15) is 21.5 Å². The molecule has 1 amide bonds. The van der Waals surface area contributed by atoms with Crippen molar-refractivity contribution in [1.29, 1.82) is 0 Å². The fourth-order valence-corrected chi connectivity index (χ4v) is 2.10. The van der Waals surface area contributed by atoms with Crippen LogP contribution < -0.4 is 0 Å². The van der Waals surface area contributed by atoms with Crippen molar-refractivity contribution in [3.8, 4) is 0 Å². The van der Waals surface area contributed by atoms with Crippen LogP contribution in [0.5, 0.6) is 0 Å². The Morgan fingerprint density at radius 2 is 2.17 bits per heavy atom. The lowest BCUT2D eigenvalue weighted by Crippen LogP contribution is -2.36. The van der Waals surface area contributed by atoms with Gasteiger partial charge >= 0.3 is 5.97 Å². The van der Waals surface area contributed by atoms with Crippen molar-refractivity contribution in [1.82, 2.24) is 4.90 Å². The lowest BCUT2D eigenvalue weighted by atomic mass is 10.3. The summed E-state index contributed by atoms with van der Waals surface area (Å²) < 4.78 is 0. The third-order valence-corrected chi connectivity index (χ3v) is 3.51. The van der Waals surface area contributed by atoms with Crippen molar-refractivity contribution in [3.05, 3.63) is 28.0 Å². The molecule has 1 rings (SSSR count). The molecule has 6 heteroatoms. The Bertz CT molecular complexity index is 466. The minimum atomic E-state index is -1.03. The predicted octanol–water partition coefficient (Wildman–Crippen LogP) is 1.30. The number of amides is 1. The molecule has 18 heavy (non-hydrogen) atoms. The summed E-state index contributed by atoms with van der Waals surface area (Å²) in [5.41, 5.74) is 0.